The molecule has 0 fully saturated rings. The van der Waals surface area contributed by atoms with E-state index in [2.05, 4.69) is 25.9 Å². The molecule has 0 radical (unpaired) electrons. The molecule has 0 bridgehead atoms. The lowest BCUT2D eigenvalue weighted by Crippen LogP contribution is -2.25. The van der Waals surface area contributed by atoms with Crippen LogP contribution in [0.15, 0.2) is 42.6 Å². The van der Waals surface area contributed by atoms with E-state index in [1.165, 1.54) is 7.05 Å². The average Bonchev–Trinajstić information content (AvgIpc) is 3.18. The van der Waals surface area contributed by atoms with E-state index in [4.69, 9.17) is 0 Å². The number of amides is 1. The van der Waals surface area contributed by atoms with Gasteiger partial charge < -0.3 is 16.0 Å². The van der Waals surface area contributed by atoms with Gasteiger partial charge in [0.15, 0.2) is 0 Å². The molecule has 2 heterocycles. The van der Waals surface area contributed by atoms with Crippen molar-refractivity contribution >= 4 is 44.8 Å². The van der Waals surface area contributed by atoms with Crippen LogP contribution in [0.5, 0.6) is 0 Å². The highest BCUT2D eigenvalue weighted by atomic mass is 32.2. The summed E-state index contributed by atoms with van der Waals surface area (Å²) in [5.41, 5.74) is 2.41. The van der Waals surface area contributed by atoms with E-state index in [1.807, 2.05) is 0 Å². The first-order valence-electron chi connectivity index (χ1n) is 10.7. The van der Waals surface area contributed by atoms with E-state index in [0.29, 0.717) is 28.8 Å². The highest BCUT2D eigenvalue weighted by Crippen LogP contribution is 2.36. The molecule has 0 saturated carbocycles. The van der Waals surface area contributed by atoms with Crippen LogP contribution >= 0.6 is 0 Å². The number of sulfonamides is 1. The van der Waals surface area contributed by atoms with Gasteiger partial charge in [-0.2, -0.15) is 18.2 Å². The lowest BCUT2D eigenvalue weighted by molar-refractivity contribution is -0.137. The average molecular weight is 521 g/mol. The van der Waals surface area contributed by atoms with Crippen molar-refractivity contribution in [3.8, 4) is 0 Å². The van der Waals surface area contributed by atoms with Crippen molar-refractivity contribution < 1.29 is 26.4 Å². The van der Waals surface area contributed by atoms with Gasteiger partial charge >= 0.3 is 6.18 Å². The Hall–Kier alpha value is -3.87. The number of aryl methyl sites for hydroxylation is 1. The minimum atomic E-state index is -4.71. The topological polar surface area (TPSA) is 116 Å². The van der Waals surface area contributed by atoms with Crippen LogP contribution in [0.4, 0.5) is 42.0 Å². The summed E-state index contributed by atoms with van der Waals surface area (Å²) in [4.78, 5) is 19.6. The highest BCUT2D eigenvalue weighted by Gasteiger charge is 2.35. The van der Waals surface area contributed by atoms with Gasteiger partial charge in [-0.1, -0.05) is 18.2 Å². The summed E-state index contributed by atoms with van der Waals surface area (Å²) < 4.78 is 65.9. The summed E-state index contributed by atoms with van der Waals surface area (Å²) in [7, 11) is -2.12. The van der Waals surface area contributed by atoms with Gasteiger partial charge in [0.05, 0.1) is 29.7 Å². The molecule has 1 aliphatic rings. The molecule has 9 nitrogen and oxygen atoms in total. The molecule has 0 aliphatic carbocycles. The van der Waals surface area contributed by atoms with Crippen molar-refractivity contribution in [3.63, 3.8) is 0 Å². The van der Waals surface area contributed by atoms with Gasteiger partial charge in [-0.25, -0.2) is 13.4 Å². The minimum Gasteiger partial charge on any atom is -0.365 e. The largest absolute Gasteiger partial charge is 0.421 e. The number of nitrogens with one attached hydrogen (secondary N) is 3. The number of alkyl halides is 3. The van der Waals surface area contributed by atoms with Crippen molar-refractivity contribution in [2.45, 2.75) is 26.1 Å². The van der Waals surface area contributed by atoms with E-state index < -0.39 is 27.6 Å². The van der Waals surface area contributed by atoms with Gasteiger partial charge in [-0.3, -0.25) is 9.10 Å². The second-order valence-electron chi connectivity index (χ2n) is 8.34. The predicted octanol–water partition coefficient (Wildman–Crippen LogP) is 4.05. The summed E-state index contributed by atoms with van der Waals surface area (Å²) in [6.07, 6.45) is -2.77. The minimum absolute atomic E-state index is 0.0480. The van der Waals surface area contributed by atoms with E-state index >= 15 is 0 Å². The number of fused-ring (bicyclic) bond motifs is 1. The maximum atomic E-state index is 13.7. The number of hydrogen-bond acceptors (Lipinski definition) is 7. The van der Waals surface area contributed by atoms with E-state index in [-0.39, 0.29) is 24.8 Å². The van der Waals surface area contributed by atoms with Crippen LogP contribution < -0.4 is 20.3 Å². The quantitative estimate of drug-likeness (QED) is 0.430. The Bertz CT molecular complexity index is 1440. The third-order valence-corrected chi connectivity index (χ3v) is 6.95. The van der Waals surface area contributed by atoms with Crippen LogP contribution in [-0.4, -0.2) is 37.6 Å². The maximum absolute atomic E-state index is 13.7. The smallest absolute Gasteiger partial charge is 0.365 e. The standard InChI is InChI=1S/C23H23F3N6O3S/c1-13-7-8-16(32(2)36(3,34)35)9-15(13)11-27-21-17(23(24,25)26)12-28-22(31-21)29-18-6-4-5-14-10-19(33)30-20(14)18/h4-9,12H,10-11H2,1-3H3,(H,30,33)(H2,27,28,29,31). The Morgan fingerprint density at radius 3 is 2.64 bits per heavy atom. The van der Waals surface area contributed by atoms with Gasteiger partial charge in [0.1, 0.15) is 11.4 Å². The number of anilines is 5. The third kappa shape index (κ3) is 5.35. The summed E-state index contributed by atoms with van der Waals surface area (Å²) in [5, 5.41) is 8.31. The first-order chi connectivity index (χ1) is 16.8. The van der Waals surface area contributed by atoms with Gasteiger partial charge in [0, 0.05) is 19.8 Å². The number of nitrogens with zero attached hydrogens (tertiary/aromatic N) is 3. The second-order valence-corrected chi connectivity index (χ2v) is 10.4. The Morgan fingerprint density at radius 1 is 1.19 bits per heavy atom. The van der Waals surface area contributed by atoms with Crippen LogP contribution in [-0.2, 0) is 34.0 Å². The van der Waals surface area contributed by atoms with Crippen molar-refractivity contribution in [3.05, 3.63) is 64.8 Å². The zero-order chi connectivity index (χ0) is 26.3. The van der Waals surface area contributed by atoms with Crippen molar-refractivity contribution in [1.29, 1.82) is 0 Å². The molecule has 3 aromatic rings. The number of carbonyl (C=O) groups excluding carboxylic acids is 1. The zero-order valence-electron chi connectivity index (χ0n) is 19.6. The van der Waals surface area contributed by atoms with Gasteiger partial charge in [0.2, 0.25) is 21.9 Å². The van der Waals surface area contributed by atoms with Gasteiger partial charge in [-0.15, -0.1) is 0 Å². The van der Waals surface area contributed by atoms with Gasteiger partial charge in [0.25, 0.3) is 0 Å². The number of hydrogen-bond donors (Lipinski definition) is 3. The first-order valence-corrected chi connectivity index (χ1v) is 12.6. The number of rotatable bonds is 7. The number of benzene rings is 2. The van der Waals surface area contributed by atoms with Crippen LogP contribution in [0, 0.1) is 6.92 Å². The van der Waals surface area contributed by atoms with E-state index in [0.717, 1.165) is 21.7 Å². The summed E-state index contributed by atoms with van der Waals surface area (Å²) in [6.45, 7) is 1.72. The Kier molecular flexibility index (Phi) is 6.52. The van der Waals surface area contributed by atoms with Crippen molar-refractivity contribution in [2.24, 2.45) is 0 Å². The summed E-state index contributed by atoms with van der Waals surface area (Å²) in [5.74, 6) is -0.728. The zero-order valence-corrected chi connectivity index (χ0v) is 20.4. The molecule has 1 aromatic heterocycles. The number of aromatic nitrogens is 2. The van der Waals surface area contributed by atoms with Crippen molar-refractivity contribution in [1.82, 2.24) is 9.97 Å². The molecular formula is C23H23F3N6O3S. The molecular weight excluding hydrogens is 497 g/mol. The number of halogens is 3. The first kappa shape index (κ1) is 25.2. The highest BCUT2D eigenvalue weighted by molar-refractivity contribution is 7.92. The van der Waals surface area contributed by atoms with Crippen molar-refractivity contribution in [2.75, 3.05) is 33.6 Å². The van der Waals surface area contributed by atoms with Crippen LogP contribution in [0.3, 0.4) is 0 Å². The molecule has 1 aliphatic heterocycles. The monoisotopic (exact) mass is 520 g/mol. The molecule has 190 valence electrons. The molecule has 0 unspecified atom stereocenters. The molecule has 13 heteroatoms. The van der Waals surface area contributed by atoms with Gasteiger partial charge in [-0.05, 0) is 41.8 Å². The van der Waals surface area contributed by atoms with Crippen LogP contribution in [0.25, 0.3) is 0 Å². The Balaban J connectivity index is 1.63. The van der Waals surface area contributed by atoms with Crippen LogP contribution in [0.1, 0.15) is 22.3 Å². The Labute approximate surface area is 205 Å². The SMILES string of the molecule is Cc1ccc(N(C)S(C)(=O)=O)cc1CNc1nc(Nc2cccc3c2NC(=O)C3)ncc1C(F)(F)F. The number of carbonyl (C=O) groups is 1. The predicted molar refractivity (Wildman–Crippen MR) is 131 cm³/mol. The second kappa shape index (κ2) is 9.30. The molecule has 2 aromatic carbocycles. The number of para-hydroxylation sites is 1. The molecule has 3 N–H and O–H groups in total. The van der Waals surface area contributed by atoms with E-state index in [1.54, 1.807) is 43.3 Å². The summed E-state index contributed by atoms with van der Waals surface area (Å²) in [6, 6.07) is 10.0. The fraction of sp³-hybridized carbons (Fsp3) is 0.261. The molecule has 0 atom stereocenters. The molecule has 1 amide bonds. The molecule has 36 heavy (non-hydrogen) atoms. The maximum Gasteiger partial charge on any atom is 0.421 e. The van der Waals surface area contributed by atoms with E-state index in [9.17, 15) is 26.4 Å². The fourth-order valence-corrected chi connectivity index (χ4v) is 4.17. The van der Waals surface area contributed by atoms with Crippen LogP contribution in [0.2, 0.25) is 0 Å². The lowest BCUT2D eigenvalue weighted by atomic mass is 10.1. The normalized spacial score (nSPS) is 13.2. The summed E-state index contributed by atoms with van der Waals surface area (Å²) >= 11 is 0. The third-order valence-electron chi connectivity index (χ3n) is 5.75. The fourth-order valence-electron chi connectivity index (χ4n) is 3.68. The molecule has 0 saturated heterocycles. The lowest BCUT2D eigenvalue weighted by Gasteiger charge is -2.19. The molecule has 0 spiro atoms. The molecule has 4 rings (SSSR count). The Morgan fingerprint density at radius 2 is 1.94 bits per heavy atom.